The van der Waals surface area contributed by atoms with Gasteiger partial charge >= 0.3 is 0 Å². The maximum atomic E-state index is 12.7. The van der Waals surface area contributed by atoms with E-state index in [9.17, 15) is 4.79 Å². The lowest BCUT2D eigenvalue weighted by molar-refractivity contribution is -0.120. The summed E-state index contributed by atoms with van der Waals surface area (Å²) in [6, 6.07) is 16.5. The molecule has 148 valence electrons. The summed E-state index contributed by atoms with van der Waals surface area (Å²) in [5, 5.41) is 8.90. The van der Waals surface area contributed by atoms with Crippen LogP contribution in [0.15, 0.2) is 48.5 Å². The Labute approximate surface area is 166 Å². The van der Waals surface area contributed by atoms with Crippen LogP contribution in [0.3, 0.4) is 0 Å². The highest BCUT2D eigenvalue weighted by atomic mass is 16.5. The van der Waals surface area contributed by atoms with Crippen molar-refractivity contribution in [3.63, 3.8) is 0 Å². The molecular weight excluding hydrogens is 356 g/mol. The number of carbonyl (C=O) groups is 1. The molecule has 0 aliphatic heterocycles. The minimum atomic E-state index is -0.217. The number of anilines is 1. The first-order valence-electron chi connectivity index (χ1n) is 9.43. The van der Waals surface area contributed by atoms with Crippen molar-refractivity contribution in [1.29, 1.82) is 5.26 Å². The van der Waals surface area contributed by atoms with Gasteiger partial charge in [-0.15, -0.1) is 0 Å². The van der Waals surface area contributed by atoms with Crippen molar-refractivity contribution in [1.82, 2.24) is 0 Å². The second-order valence-corrected chi connectivity index (χ2v) is 5.99. The van der Waals surface area contributed by atoms with Crippen molar-refractivity contribution in [2.24, 2.45) is 0 Å². The molecule has 0 fully saturated rings. The molecular formula is C22H26N2O4. The van der Waals surface area contributed by atoms with Gasteiger partial charge in [-0.05, 0) is 61.9 Å². The molecule has 0 saturated heterocycles. The van der Waals surface area contributed by atoms with Crippen LogP contribution >= 0.6 is 0 Å². The van der Waals surface area contributed by atoms with E-state index in [1.54, 1.807) is 41.3 Å². The molecule has 0 radical (unpaired) electrons. The number of rotatable bonds is 11. The van der Waals surface area contributed by atoms with Gasteiger partial charge in [0.1, 0.15) is 17.2 Å². The molecule has 0 aliphatic rings. The number of nitrogens with zero attached hydrogens (tertiary/aromatic N) is 2. The van der Waals surface area contributed by atoms with Crippen LogP contribution in [0.5, 0.6) is 17.2 Å². The fourth-order valence-corrected chi connectivity index (χ4v) is 2.52. The molecule has 2 rings (SSSR count). The van der Waals surface area contributed by atoms with Crippen LogP contribution in [-0.4, -0.2) is 32.3 Å². The van der Waals surface area contributed by atoms with E-state index in [-0.39, 0.29) is 18.9 Å². The van der Waals surface area contributed by atoms with Gasteiger partial charge in [0.15, 0.2) is 6.61 Å². The van der Waals surface area contributed by atoms with Gasteiger partial charge in [-0.25, -0.2) is 0 Å². The molecule has 2 aromatic rings. The fourth-order valence-electron chi connectivity index (χ4n) is 2.52. The summed E-state index contributed by atoms with van der Waals surface area (Å²) in [4.78, 5) is 14.2. The Bertz CT molecular complexity index is 767. The van der Waals surface area contributed by atoms with Crippen molar-refractivity contribution < 1.29 is 19.0 Å². The average Bonchev–Trinajstić information content (AvgIpc) is 2.73. The number of carbonyl (C=O) groups excluding carboxylic acids is 1. The van der Waals surface area contributed by atoms with Crippen LogP contribution in [-0.2, 0) is 4.79 Å². The Morgan fingerprint density at radius 2 is 1.50 bits per heavy atom. The zero-order valence-electron chi connectivity index (χ0n) is 16.4. The first-order valence-corrected chi connectivity index (χ1v) is 9.43. The number of nitriles is 1. The van der Waals surface area contributed by atoms with Crippen LogP contribution in [0.2, 0.25) is 0 Å². The van der Waals surface area contributed by atoms with Crippen molar-refractivity contribution in [3.8, 4) is 23.3 Å². The van der Waals surface area contributed by atoms with Crippen LogP contribution in [0.25, 0.3) is 0 Å². The van der Waals surface area contributed by atoms with E-state index < -0.39 is 0 Å². The Balaban J connectivity index is 1.99. The molecule has 28 heavy (non-hydrogen) atoms. The predicted molar refractivity (Wildman–Crippen MR) is 108 cm³/mol. The van der Waals surface area contributed by atoms with E-state index in [0.29, 0.717) is 31.2 Å². The van der Waals surface area contributed by atoms with E-state index in [0.717, 1.165) is 17.9 Å². The Morgan fingerprint density at radius 1 is 0.929 bits per heavy atom. The van der Waals surface area contributed by atoms with E-state index in [1.165, 1.54) is 0 Å². The van der Waals surface area contributed by atoms with E-state index in [4.69, 9.17) is 19.5 Å². The summed E-state index contributed by atoms with van der Waals surface area (Å²) in [5.74, 6) is 1.88. The highest BCUT2D eigenvalue weighted by Crippen LogP contribution is 2.21. The maximum Gasteiger partial charge on any atom is 0.264 e. The number of hydrogen-bond acceptors (Lipinski definition) is 5. The van der Waals surface area contributed by atoms with Crippen molar-refractivity contribution >= 4 is 11.6 Å². The third-order valence-corrected chi connectivity index (χ3v) is 3.87. The van der Waals surface area contributed by atoms with Gasteiger partial charge in [0.25, 0.3) is 5.91 Å². The van der Waals surface area contributed by atoms with Crippen LogP contribution in [0.4, 0.5) is 5.69 Å². The molecule has 6 nitrogen and oxygen atoms in total. The molecule has 0 saturated carbocycles. The minimum absolute atomic E-state index is 0.117. The molecule has 0 N–H and O–H groups in total. The number of ether oxygens (including phenoxy) is 3. The minimum Gasteiger partial charge on any atom is -0.494 e. The highest BCUT2D eigenvalue weighted by Gasteiger charge is 2.16. The largest absolute Gasteiger partial charge is 0.494 e. The monoisotopic (exact) mass is 382 g/mol. The van der Waals surface area contributed by atoms with E-state index in [1.807, 2.05) is 26.0 Å². The second kappa shape index (κ2) is 11.5. The maximum absolute atomic E-state index is 12.7. The summed E-state index contributed by atoms with van der Waals surface area (Å²) < 4.78 is 16.6. The lowest BCUT2D eigenvalue weighted by Gasteiger charge is -2.22. The van der Waals surface area contributed by atoms with E-state index >= 15 is 0 Å². The standard InChI is InChI=1S/C22H26N2O4/c1-3-16-27-20-10-12-21(13-11-20)28-17-22(25)24(15-5-14-23)18-6-8-19(9-7-18)26-4-2/h6-13H,3-5,15-17H2,1-2H3. The summed E-state index contributed by atoms with van der Waals surface area (Å²) >= 11 is 0. The molecule has 0 aromatic heterocycles. The first-order chi connectivity index (χ1) is 13.7. The van der Waals surface area contributed by atoms with Crippen LogP contribution in [0.1, 0.15) is 26.7 Å². The quantitative estimate of drug-likeness (QED) is 0.582. The smallest absolute Gasteiger partial charge is 0.264 e. The van der Waals surface area contributed by atoms with Crippen molar-refractivity contribution in [2.75, 3.05) is 31.3 Å². The lowest BCUT2D eigenvalue weighted by Crippen LogP contribution is -2.35. The topological polar surface area (TPSA) is 71.8 Å². The van der Waals surface area contributed by atoms with Crippen LogP contribution in [0, 0.1) is 11.3 Å². The van der Waals surface area contributed by atoms with Gasteiger partial charge in [0.2, 0.25) is 0 Å². The van der Waals surface area contributed by atoms with Gasteiger partial charge in [-0.1, -0.05) is 6.92 Å². The first kappa shape index (κ1) is 21.1. The average molecular weight is 382 g/mol. The molecule has 0 spiro atoms. The third kappa shape index (κ3) is 6.51. The van der Waals surface area contributed by atoms with Gasteiger partial charge in [0, 0.05) is 12.2 Å². The molecule has 0 bridgehead atoms. The molecule has 6 heteroatoms. The summed E-state index contributed by atoms with van der Waals surface area (Å²) in [6.45, 7) is 5.38. The number of amides is 1. The molecule has 0 unspecified atom stereocenters. The summed E-state index contributed by atoms with van der Waals surface area (Å²) in [7, 11) is 0. The predicted octanol–water partition coefficient (Wildman–Crippen LogP) is 4.20. The van der Waals surface area contributed by atoms with Crippen LogP contribution < -0.4 is 19.1 Å². The van der Waals surface area contributed by atoms with E-state index in [2.05, 4.69) is 6.07 Å². The fraction of sp³-hybridized carbons (Fsp3) is 0.364. The SMILES string of the molecule is CCCOc1ccc(OCC(=O)N(CCC#N)c2ccc(OCC)cc2)cc1. The van der Waals surface area contributed by atoms with Crippen molar-refractivity contribution in [2.45, 2.75) is 26.7 Å². The Hall–Kier alpha value is -3.20. The number of hydrogen-bond donors (Lipinski definition) is 0. The number of benzene rings is 2. The lowest BCUT2D eigenvalue weighted by atomic mass is 10.2. The third-order valence-electron chi connectivity index (χ3n) is 3.87. The Kier molecular flexibility index (Phi) is 8.67. The highest BCUT2D eigenvalue weighted by molar-refractivity contribution is 5.94. The zero-order chi connectivity index (χ0) is 20.2. The summed E-state index contributed by atoms with van der Waals surface area (Å²) in [5.41, 5.74) is 0.704. The summed E-state index contributed by atoms with van der Waals surface area (Å²) in [6.07, 6.45) is 1.18. The molecule has 2 aromatic carbocycles. The molecule has 0 atom stereocenters. The normalized spacial score (nSPS) is 10.0. The van der Waals surface area contributed by atoms with Gasteiger partial charge in [-0.2, -0.15) is 5.26 Å². The van der Waals surface area contributed by atoms with Crippen molar-refractivity contribution in [3.05, 3.63) is 48.5 Å². The van der Waals surface area contributed by atoms with Gasteiger partial charge in [0.05, 0.1) is 25.7 Å². The Morgan fingerprint density at radius 3 is 2.07 bits per heavy atom. The van der Waals surface area contributed by atoms with Gasteiger partial charge in [-0.3, -0.25) is 4.79 Å². The second-order valence-electron chi connectivity index (χ2n) is 5.99. The molecule has 1 amide bonds. The zero-order valence-corrected chi connectivity index (χ0v) is 16.4. The van der Waals surface area contributed by atoms with Gasteiger partial charge < -0.3 is 19.1 Å². The molecule has 0 heterocycles. The molecule has 0 aliphatic carbocycles.